The van der Waals surface area contributed by atoms with Gasteiger partial charge in [0, 0.05) is 6.54 Å². The molecule has 1 heterocycles. The van der Waals surface area contributed by atoms with E-state index >= 15 is 0 Å². The lowest BCUT2D eigenvalue weighted by Gasteiger charge is -2.14. The summed E-state index contributed by atoms with van der Waals surface area (Å²) in [6, 6.07) is 8.18. The molecule has 0 amide bonds. The fourth-order valence-corrected chi connectivity index (χ4v) is 6.99. The Labute approximate surface area is 190 Å². The largest absolute Gasteiger partial charge is 0.489 e. The average Bonchev–Trinajstić information content (AvgIpc) is 3.09. The summed E-state index contributed by atoms with van der Waals surface area (Å²) in [5.41, 5.74) is 1.29. The van der Waals surface area contributed by atoms with Gasteiger partial charge in [-0.1, -0.05) is 17.7 Å². The number of hydrogen-bond acceptors (Lipinski definition) is 9. The molecule has 0 aliphatic carbocycles. The van der Waals surface area contributed by atoms with Gasteiger partial charge in [-0.25, -0.2) is 22.0 Å². The summed E-state index contributed by atoms with van der Waals surface area (Å²) < 4.78 is 52.5. The lowest BCUT2D eigenvalue weighted by Crippen LogP contribution is -2.32. The molecule has 2 aromatic rings. The third kappa shape index (κ3) is 7.43. The van der Waals surface area contributed by atoms with Gasteiger partial charge in [0.1, 0.15) is 32.9 Å². The zero-order chi connectivity index (χ0) is 23.2. The number of rotatable bonds is 11. The third-order valence-electron chi connectivity index (χ3n) is 4.03. The van der Waals surface area contributed by atoms with Gasteiger partial charge in [-0.05, 0) is 43.7 Å². The van der Waals surface area contributed by atoms with E-state index in [2.05, 4.69) is 5.32 Å². The predicted molar refractivity (Wildman–Crippen MR) is 118 cm³/mol. The number of sulfonamides is 1. The Hall–Kier alpha value is -1.72. The number of aliphatic hydroxyl groups excluding tert-OH is 1. The Bertz CT molecular complexity index is 1170. The molecule has 0 unspecified atom stereocenters. The summed E-state index contributed by atoms with van der Waals surface area (Å²) in [7, 11) is -7.82. The highest BCUT2D eigenvalue weighted by molar-refractivity contribution is 7.95. The molecule has 0 saturated heterocycles. The van der Waals surface area contributed by atoms with Gasteiger partial charge in [0.25, 0.3) is 0 Å². The molecule has 0 fully saturated rings. The molecule has 13 heteroatoms. The molecule has 1 aromatic carbocycles. The van der Waals surface area contributed by atoms with Crippen LogP contribution < -0.4 is 15.2 Å². The molecule has 0 bridgehead atoms. The average molecular weight is 508 g/mol. The van der Waals surface area contributed by atoms with E-state index in [-0.39, 0.29) is 45.3 Å². The summed E-state index contributed by atoms with van der Waals surface area (Å²) in [5.74, 6) is 0.130. The van der Waals surface area contributed by atoms with Crippen LogP contribution in [-0.2, 0) is 19.9 Å². The van der Waals surface area contributed by atoms with Gasteiger partial charge in [0.05, 0.1) is 16.3 Å². The number of aliphatic hydroxyl groups is 1. The van der Waals surface area contributed by atoms with Gasteiger partial charge in [-0.3, -0.25) is 0 Å². The molecule has 0 aliphatic heterocycles. The standard InChI is InChI=1S/C18H22ClN3O6S3/c1-12-3-4-13(9-20)16(7-12)28-11-14(23)10-22-5-2-6-30(24,25)18-15(19)8-17(29-18)31(21,26)27/h3-4,7-8,14,22-23H,2,5-6,10-11H2,1H3,(H2,21,26,27)/t14-/m0/s1. The van der Waals surface area contributed by atoms with Crippen LogP contribution in [0.3, 0.4) is 0 Å². The molecule has 31 heavy (non-hydrogen) atoms. The van der Waals surface area contributed by atoms with Gasteiger partial charge < -0.3 is 15.2 Å². The number of ether oxygens (including phenoxy) is 1. The van der Waals surface area contributed by atoms with Crippen LogP contribution in [0.25, 0.3) is 0 Å². The van der Waals surface area contributed by atoms with Crippen LogP contribution in [0.1, 0.15) is 17.5 Å². The van der Waals surface area contributed by atoms with Gasteiger partial charge in [-0.15, -0.1) is 11.3 Å². The minimum Gasteiger partial charge on any atom is -0.489 e. The van der Waals surface area contributed by atoms with E-state index in [1.807, 2.05) is 13.0 Å². The molecule has 2 rings (SSSR count). The van der Waals surface area contributed by atoms with Gasteiger partial charge in [0.15, 0.2) is 9.84 Å². The molecule has 0 radical (unpaired) electrons. The van der Waals surface area contributed by atoms with Gasteiger partial charge in [0.2, 0.25) is 10.0 Å². The highest BCUT2D eigenvalue weighted by Crippen LogP contribution is 2.34. The topological polar surface area (TPSA) is 160 Å². The minimum absolute atomic E-state index is 0.0371. The molecule has 1 aromatic heterocycles. The summed E-state index contributed by atoms with van der Waals surface area (Å²) in [6.45, 7) is 2.27. The summed E-state index contributed by atoms with van der Waals surface area (Å²) >= 11 is 6.38. The molecular formula is C18H22ClN3O6S3. The van der Waals surface area contributed by atoms with E-state index in [9.17, 15) is 21.9 Å². The van der Waals surface area contributed by atoms with Crippen molar-refractivity contribution < 1.29 is 26.7 Å². The van der Waals surface area contributed by atoms with E-state index < -0.39 is 26.0 Å². The molecular weight excluding hydrogens is 486 g/mol. The Morgan fingerprint density at radius 2 is 2.03 bits per heavy atom. The molecule has 1 atom stereocenters. The molecule has 0 spiro atoms. The second-order valence-corrected chi connectivity index (χ2v) is 12.3. The highest BCUT2D eigenvalue weighted by Gasteiger charge is 2.24. The fraction of sp³-hybridized carbons (Fsp3) is 0.389. The molecule has 4 N–H and O–H groups in total. The van der Waals surface area contributed by atoms with Crippen LogP contribution in [0.15, 0.2) is 32.7 Å². The number of thiophene rings is 1. The number of benzene rings is 1. The van der Waals surface area contributed by atoms with Crippen LogP contribution in [-0.4, -0.2) is 53.5 Å². The smallest absolute Gasteiger partial charge is 0.247 e. The Morgan fingerprint density at radius 3 is 2.65 bits per heavy atom. The number of halogens is 1. The Morgan fingerprint density at radius 1 is 1.32 bits per heavy atom. The lowest BCUT2D eigenvalue weighted by atomic mass is 10.1. The summed E-state index contributed by atoms with van der Waals surface area (Å²) in [4.78, 5) is 0. The number of nitriles is 1. The number of sulfone groups is 1. The van der Waals surface area contributed by atoms with Gasteiger partial charge in [-0.2, -0.15) is 5.26 Å². The maximum Gasteiger partial charge on any atom is 0.247 e. The van der Waals surface area contributed by atoms with Crippen LogP contribution in [0.4, 0.5) is 0 Å². The summed E-state index contributed by atoms with van der Waals surface area (Å²) in [6.07, 6.45) is -0.654. The predicted octanol–water partition coefficient (Wildman–Crippen LogP) is 1.42. The maximum atomic E-state index is 12.4. The second kappa shape index (κ2) is 10.7. The van der Waals surface area contributed by atoms with Crippen molar-refractivity contribution in [1.82, 2.24) is 5.32 Å². The van der Waals surface area contributed by atoms with Crippen LogP contribution in [0.5, 0.6) is 5.75 Å². The molecule has 9 nitrogen and oxygen atoms in total. The number of nitrogens with one attached hydrogen (secondary N) is 1. The van der Waals surface area contributed by atoms with Crippen LogP contribution in [0, 0.1) is 18.3 Å². The highest BCUT2D eigenvalue weighted by atomic mass is 35.5. The third-order valence-corrected chi connectivity index (χ3v) is 9.53. The first-order valence-electron chi connectivity index (χ1n) is 9.01. The number of aryl methyl sites for hydroxylation is 1. The lowest BCUT2D eigenvalue weighted by molar-refractivity contribution is 0.106. The molecule has 0 aliphatic rings. The van der Waals surface area contributed by atoms with Crippen molar-refractivity contribution in [1.29, 1.82) is 5.26 Å². The normalized spacial score (nSPS) is 13.0. The van der Waals surface area contributed by atoms with Crippen molar-refractivity contribution in [2.24, 2.45) is 5.14 Å². The number of primary sulfonamides is 1. The first-order valence-corrected chi connectivity index (χ1v) is 13.4. The minimum atomic E-state index is -4.04. The number of hydrogen-bond donors (Lipinski definition) is 3. The zero-order valence-electron chi connectivity index (χ0n) is 16.5. The van der Waals surface area contributed by atoms with E-state index in [0.717, 1.165) is 11.6 Å². The van der Waals surface area contributed by atoms with Crippen LogP contribution in [0.2, 0.25) is 5.02 Å². The van der Waals surface area contributed by atoms with Crippen molar-refractivity contribution in [2.75, 3.05) is 25.4 Å². The maximum absolute atomic E-state index is 12.4. The van der Waals surface area contributed by atoms with E-state index in [0.29, 0.717) is 22.6 Å². The van der Waals surface area contributed by atoms with Crippen molar-refractivity contribution in [3.8, 4) is 11.8 Å². The quantitative estimate of drug-likeness (QED) is 0.385. The van der Waals surface area contributed by atoms with Crippen LogP contribution >= 0.6 is 22.9 Å². The first-order chi connectivity index (χ1) is 14.4. The van der Waals surface area contributed by atoms with E-state index in [1.54, 1.807) is 18.2 Å². The molecule has 0 saturated carbocycles. The fourth-order valence-electron chi connectivity index (χ4n) is 2.52. The molecule has 170 valence electrons. The Kier molecular flexibility index (Phi) is 8.84. The van der Waals surface area contributed by atoms with Gasteiger partial charge >= 0.3 is 0 Å². The summed E-state index contributed by atoms with van der Waals surface area (Å²) in [5, 5.41) is 26.9. The van der Waals surface area contributed by atoms with Crippen molar-refractivity contribution in [2.45, 2.75) is 27.9 Å². The van der Waals surface area contributed by atoms with E-state index in [1.165, 1.54) is 0 Å². The zero-order valence-corrected chi connectivity index (χ0v) is 19.7. The SMILES string of the molecule is Cc1ccc(C#N)c(OC[C@@H](O)CNCCCS(=O)(=O)c2sc(S(N)(=O)=O)cc2Cl)c1. The number of nitrogens with zero attached hydrogens (tertiary/aromatic N) is 1. The monoisotopic (exact) mass is 507 g/mol. The Balaban J connectivity index is 1.78. The van der Waals surface area contributed by atoms with Crippen molar-refractivity contribution in [3.05, 3.63) is 40.4 Å². The van der Waals surface area contributed by atoms with Crippen molar-refractivity contribution >= 4 is 42.8 Å². The van der Waals surface area contributed by atoms with Crippen molar-refractivity contribution in [3.63, 3.8) is 0 Å². The van der Waals surface area contributed by atoms with E-state index in [4.69, 9.17) is 26.7 Å². The second-order valence-electron chi connectivity index (χ2n) is 6.70. The first kappa shape index (κ1) is 25.5. The number of nitrogens with two attached hydrogens (primary N) is 1.